The van der Waals surface area contributed by atoms with E-state index < -0.39 is 6.04 Å². The Kier molecular flexibility index (Phi) is 7.74. The van der Waals surface area contributed by atoms with Gasteiger partial charge in [0.2, 0.25) is 17.8 Å². The molecule has 0 saturated carbocycles. The molecule has 2 N–H and O–H groups in total. The second-order valence-corrected chi connectivity index (χ2v) is 7.46. The molecule has 2 amide bonds. The number of rotatable bonds is 8. The summed E-state index contributed by atoms with van der Waals surface area (Å²) in [5.41, 5.74) is 0.757. The predicted octanol–water partition coefficient (Wildman–Crippen LogP) is 0.860. The minimum absolute atomic E-state index is 0.0612. The van der Waals surface area contributed by atoms with Crippen LogP contribution in [0.4, 0.5) is 10.3 Å². The van der Waals surface area contributed by atoms with Gasteiger partial charge in [0.15, 0.2) is 0 Å². The third-order valence-electron chi connectivity index (χ3n) is 5.12. The highest BCUT2D eigenvalue weighted by molar-refractivity contribution is 5.87. The number of amides is 2. The molecule has 3 rings (SSSR count). The maximum Gasteiger partial charge on any atom is 0.324 e. The van der Waals surface area contributed by atoms with Gasteiger partial charge in [-0.25, -0.2) is 4.39 Å². The molecule has 32 heavy (non-hydrogen) atoms. The zero-order chi connectivity index (χ0) is 23.1. The van der Waals surface area contributed by atoms with E-state index in [4.69, 9.17) is 9.47 Å². The largest absolute Gasteiger partial charge is 0.467 e. The molecule has 1 aromatic heterocycles. The normalized spacial score (nSPS) is 15.1. The van der Waals surface area contributed by atoms with E-state index in [0.29, 0.717) is 31.9 Å². The molecule has 1 saturated heterocycles. The average Bonchev–Trinajstić information content (AvgIpc) is 2.79. The molecule has 10 nitrogen and oxygen atoms in total. The zero-order valence-electron chi connectivity index (χ0n) is 18.3. The summed E-state index contributed by atoms with van der Waals surface area (Å²) in [6.45, 7) is 2.59. The maximum atomic E-state index is 13.2. The second kappa shape index (κ2) is 10.7. The van der Waals surface area contributed by atoms with Gasteiger partial charge in [-0.1, -0.05) is 12.1 Å². The Labute approximate surface area is 185 Å². The quantitative estimate of drug-likeness (QED) is 0.613. The maximum absolute atomic E-state index is 13.2. The van der Waals surface area contributed by atoms with Crippen LogP contribution in [0.15, 0.2) is 24.3 Å². The lowest BCUT2D eigenvalue weighted by Gasteiger charge is -2.33. The number of ether oxygens (including phenoxy) is 2. The molecule has 0 aliphatic carbocycles. The van der Waals surface area contributed by atoms with Crippen LogP contribution in [0, 0.1) is 5.82 Å². The Morgan fingerprint density at radius 1 is 1.09 bits per heavy atom. The van der Waals surface area contributed by atoms with Crippen molar-refractivity contribution >= 4 is 17.8 Å². The van der Waals surface area contributed by atoms with E-state index in [1.54, 1.807) is 12.1 Å². The number of hydrogen-bond acceptors (Lipinski definition) is 8. The van der Waals surface area contributed by atoms with Gasteiger partial charge in [0.05, 0.1) is 14.2 Å². The number of nitrogens with zero attached hydrogens (tertiary/aromatic N) is 4. The summed E-state index contributed by atoms with van der Waals surface area (Å²) in [4.78, 5) is 39.0. The first-order valence-electron chi connectivity index (χ1n) is 10.3. The molecule has 11 heteroatoms. The molecule has 2 heterocycles. The van der Waals surface area contributed by atoms with Gasteiger partial charge in [0, 0.05) is 32.5 Å². The first kappa shape index (κ1) is 23.2. The highest BCUT2D eigenvalue weighted by atomic mass is 19.1. The van der Waals surface area contributed by atoms with Gasteiger partial charge >= 0.3 is 12.0 Å². The molecule has 1 atom stereocenters. The topological polar surface area (TPSA) is 119 Å². The van der Waals surface area contributed by atoms with Crippen molar-refractivity contribution in [3.05, 3.63) is 35.6 Å². The van der Waals surface area contributed by atoms with E-state index in [-0.39, 0.29) is 42.1 Å². The van der Waals surface area contributed by atoms with Gasteiger partial charge in [-0.15, -0.1) is 4.98 Å². The molecule has 1 unspecified atom stereocenters. The minimum atomic E-state index is -0.743. The number of nitrogens with one attached hydrogen (secondary N) is 2. The summed E-state index contributed by atoms with van der Waals surface area (Å²) in [6.07, 6.45) is 1.62. The number of anilines is 1. The van der Waals surface area contributed by atoms with Gasteiger partial charge in [-0.05, 0) is 30.5 Å². The fourth-order valence-corrected chi connectivity index (χ4v) is 3.49. The molecular formula is C21H27FN6O4. The van der Waals surface area contributed by atoms with Crippen molar-refractivity contribution in [2.75, 3.05) is 32.2 Å². The van der Waals surface area contributed by atoms with Crippen molar-refractivity contribution < 1.29 is 23.5 Å². The van der Waals surface area contributed by atoms with Gasteiger partial charge in [0.25, 0.3) is 0 Å². The van der Waals surface area contributed by atoms with Crippen molar-refractivity contribution in [3.8, 4) is 12.0 Å². The zero-order valence-corrected chi connectivity index (χ0v) is 18.3. The number of aromatic nitrogens is 3. The molecule has 2 aromatic rings. The van der Waals surface area contributed by atoms with Crippen molar-refractivity contribution in [1.82, 2.24) is 25.6 Å². The van der Waals surface area contributed by atoms with Crippen LogP contribution in [0.3, 0.4) is 0 Å². The number of piperidine rings is 1. The molecule has 1 aromatic carbocycles. The van der Waals surface area contributed by atoms with Gasteiger partial charge in [-0.2, -0.15) is 9.97 Å². The summed E-state index contributed by atoms with van der Waals surface area (Å²) in [7, 11) is 2.94. The number of carbonyl (C=O) groups excluding carboxylic acids is 2. The lowest BCUT2D eigenvalue weighted by atomic mass is 10.0. The summed E-state index contributed by atoms with van der Waals surface area (Å²) in [5.74, 6) is -0.480. The van der Waals surface area contributed by atoms with Crippen LogP contribution in [0.25, 0.3) is 0 Å². The third kappa shape index (κ3) is 6.25. The predicted molar refractivity (Wildman–Crippen MR) is 114 cm³/mol. The lowest BCUT2D eigenvalue weighted by Crippen LogP contribution is -2.52. The van der Waals surface area contributed by atoms with Crippen molar-refractivity contribution in [2.45, 2.75) is 38.3 Å². The van der Waals surface area contributed by atoms with Gasteiger partial charge < -0.3 is 25.0 Å². The molecule has 1 fully saturated rings. The number of halogens is 1. The van der Waals surface area contributed by atoms with Crippen LogP contribution in [-0.2, 0) is 16.0 Å². The minimum Gasteiger partial charge on any atom is -0.467 e. The average molecular weight is 446 g/mol. The fourth-order valence-electron chi connectivity index (χ4n) is 3.49. The smallest absolute Gasteiger partial charge is 0.324 e. The van der Waals surface area contributed by atoms with Crippen LogP contribution >= 0.6 is 0 Å². The van der Waals surface area contributed by atoms with Crippen LogP contribution < -0.4 is 25.0 Å². The van der Waals surface area contributed by atoms with Gasteiger partial charge in [0.1, 0.15) is 11.9 Å². The number of hydrogen-bond donors (Lipinski definition) is 2. The van der Waals surface area contributed by atoms with Gasteiger partial charge in [-0.3, -0.25) is 9.59 Å². The van der Waals surface area contributed by atoms with Crippen LogP contribution in [0.5, 0.6) is 12.0 Å². The van der Waals surface area contributed by atoms with E-state index >= 15 is 0 Å². The van der Waals surface area contributed by atoms with E-state index in [9.17, 15) is 14.0 Å². The molecular weight excluding hydrogens is 419 g/mol. The Hall–Kier alpha value is -3.50. The summed E-state index contributed by atoms with van der Waals surface area (Å²) in [5, 5.41) is 5.70. The summed E-state index contributed by atoms with van der Waals surface area (Å²) in [6, 6.07) is 5.41. The Balaban J connectivity index is 1.59. The van der Waals surface area contributed by atoms with E-state index in [1.165, 1.54) is 33.3 Å². The third-order valence-corrected chi connectivity index (χ3v) is 5.12. The molecule has 1 aliphatic rings. The first-order valence-corrected chi connectivity index (χ1v) is 10.3. The molecule has 0 bridgehead atoms. The standard InChI is InChI=1S/C21H27FN6O4/c1-13(29)23-17(12-14-4-6-15(22)7-5-14)18(30)24-16-8-10-28(11-9-16)19-25-20(31-2)27-21(26-19)32-3/h4-7,16-17H,8-12H2,1-3H3,(H,23,29)(H,24,30). The monoisotopic (exact) mass is 446 g/mol. The number of carbonyl (C=O) groups is 2. The molecule has 0 radical (unpaired) electrons. The van der Waals surface area contributed by atoms with Crippen LogP contribution in [-0.4, -0.2) is 66.2 Å². The molecule has 0 spiro atoms. The van der Waals surface area contributed by atoms with E-state index in [0.717, 1.165) is 5.56 Å². The molecule has 1 aliphatic heterocycles. The number of benzene rings is 1. The second-order valence-electron chi connectivity index (χ2n) is 7.46. The Morgan fingerprint density at radius 2 is 1.69 bits per heavy atom. The summed E-state index contributed by atoms with van der Waals surface area (Å²) >= 11 is 0. The highest BCUT2D eigenvalue weighted by Crippen LogP contribution is 2.20. The van der Waals surface area contributed by atoms with Crippen molar-refractivity contribution in [2.24, 2.45) is 0 Å². The van der Waals surface area contributed by atoms with Crippen molar-refractivity contribution in [3.63, 3.8) is 0 Å². The van der Waals surface area contributed by atoms with E-state index in [1.807, 2.05) is 4.90 Å². The van der Waals surface area contributed by atoms with Crippen LogP contribution in [0.1, 0.15) is 25.3 Å². The molecule has 172 valence electrons. The Bertz CT molecular complexity index is 912. The van der Waals surface area contributed by atoms with E-state index in [2.05, 4.69) is 25.6 Å². The summed E-state index contributed by atoms with van der Waals surface area (Å²) < 4.78 is 23.3. The number of methoxy groups -OCH3 is 2. The lowest BCUT2D eigenvalue weighted by molar-refractivity contribution is -0.128. The first-order chi connectivity index (χ1) is 15.4. The van der Waals surface area contributed by atoms with Crippen molar-refractivity contribution in [1.29, 1.82) is 0 Å². The fraction of sp³-hybridized carbons (Fsp3) is 0.476. The SMILES string of the molecule is COc1nc(OC)nc(N2CCC(NC(=O)C(Cc3ccc(F)cc3)NC(C)=O)CC2)n1. The van der Waals surface area contributed by atoms with Crippen LogP contribution in [0.2, 0.25) is 0 Å². The Morgan fingerprint density at radius 3 is 2.22 bits per heavy atom. The highest BCUT2D eigenvalue weighted by Gasteiger charge is 2.27.